The van der Waals surface area contributed by atoms with Crippen molar-refractivity contribution in [3.05, 3.63) is 71.8 Å². The number of hydrogen-bond acceptors (Lipinski definition) is 3. The topological polar surface area (TPSA) is 55.6 Å². The van der Waals surface area contributed by atoms with Gasteiger partial charge in [0.25, 0.3) is 0 Å². The van der Waals surface area contributed by atoms with Gasteiger partial charge in [0.1, 0.15) is 6.10 Å². The summed E-state index contributed by atoms with van der Waals surface area (Å²) in [6, 6.07) is 20.3. The first-order valence-electron chi connectivity index (χ1n) is 9.48. The van der Waals surface area contributed by atoms with E-state index in [0.717, 1.165) is 30.4 Å². The minimum atomic E-state index is -0.234. The summed E-state index contributed by atoms with van der Waals surface area (Å²) in [7, 11) is 0. The molecule has 2 fully saturated rings. The Bertz CT molecular complexity index is 693. The first-order chi connectivity index (χ1) is 12.7. The molecule has 2 N–H and O–H groups in total. The van der Waals surface area contributed by atoms with E-state index >= 15 is 0 Å². The van der Waals surface area contributed by atoms with Crippen LogP contribution in [0.5, 0.6) is 0 Å². The molecule has 2 bridgehead atoms. The van der Waals surface area contributed by atoms with Crippen LogP contribution >= 0.6 is 0 Å². The zero-order valence-electron chi connectivity index (χ0n) is 15.0. The summed E-state index contributed by atoms with van der Waals surface area (Å²) < 4.78 is 5.93. The largest absolute Gasteiger partial charge is 0.446 e. The van der Waals surface area contributed by atoms with Gasteiger partial charge in [-0.15, -0.1) is 0 Å². The number of nitrogens with zero attached hydrogens (tertiary/aromatic N) is 1. The Morgan fingerprint density at radius 3 is 2.00 bits per heavy atom. The predicted octanol–water partition coefficient (Wildman–Crippen LogP) is 3.95. The molecule has 4 nitrogen and oxygen atoms in total. The van der Waals surface area contributed by atoms with E-state index in [4.69, 9.17) is 10.5 Å². The van der Waals surface area contributed by atoms with Crippen molar-refractivity contribution in [3.63, 3.8) is 0 Å². The van der Waals surface area contributed by atoms with Gasteiger partial charge in [-0.25, -0.2) is 4.79 Å². The quantitative estimate of drug-likeness (QED) is 0.888. The summed E-state index contributed by atoms with van der Waals surface area (Å²) >= 11 is 0. The third-order valence-corrected chi connectivity index (χ3v) is 5.75. The van der Waals surface area contributed by atoms with E-state index < -0.39 is 0 Å². The van der Waals surface area contributed by atoms with Crippen molar-refractivity contribution in [1.82, 2.24) is 4.90 Å². The molecule has 0 heterocycles. The zero-order chi connectivity index (χ0) is 17.9. The van der Waals surface area contributed by atoms with E-state index in [1.165, 1.54) is 0 Å². The third kappa shape index (κ3) is 3.75. The molecule has 2 saturated carbocycles. The summed E-state index contributed by atoms with van der Waals surface area (Å²) in [5.74, 6) is 0.962. The first kappa shape index (κ1) is 17.1. The highest BCUT2D eigenvalue weighted by Crippen LogP contribution is 2.45. The number of amides is 1. The third-order valence-electron chi connectivity index (χ3n) is 5.75. The fourth-order valence-corrected chi connectivity index (χ4v) is 4.47. The van der Waals surface area contributed by atoms with Gasteiger partial charge in [-0.2, -0.15) is 0 Å². The van der Waals surface area contributed by atoms with Crippen LogP contribution in [0.3, 0.4) is 0 Å². The number of nitrogens with two attached hydrogens (primary N) is 1. The number of benzene rings is 2. The van der Waals surface area contributed by atoms with E-state index in [1.54, 1.807) is 4.90 Å². The lowest BCUT2D eigenvalue weighted by Gasteiger charge is -2.30. The lowest BCUT2D eigenvalue weighted by Crippen LogP contribution is -2.40. The second kappa shape index (κ2) is 7.50. The van der Waals surface area contributed by atoms with Crippen LogP contribution in [0, 0.1) is 11.8 Å². The number of carbonyl (C=O) groups is 1. The van der Waals surface area contributed by atoms with Gasteiger partial charge >= 0.3 is 6.09 Å². The van der Waals surface area contributed by atoms with Crippen molar-refractivity contribution in [1.29, 1.82) is 0 Å². The van der Waals surface area contributed by atoms with Crippen molar-refractivity contribution >= 4 is 6.09 Å². The molecule has 4 rings (SSSR count). The summed E-state index contributed by atoms with van der Waals surface area (Å²) in [6.07, 6.45) is 2.90. The molecule has 0 saturated heterocycles. The van der Waals surface area contributed by atoms with Crippen molar-refractivity contribution in [2.45, 2.75) is 44.5 Å². The van der Waals surface area contributed by atoms with Crippen molar-refractivity contribution < 1.29 is 9.53 Å². The maximum atomic E-state index is 13.0. The molecule has 136 valence electrons. The van der Waals surface area contributed by atoms with Crippen molar-refractivity contribution in [2.24, 2.45) is 17.6 Å². The molecular weight excluding hydrogens is 324 g/mol. The Labute approximate surface area is 155 Å². The molecular formula is C22H26N2O2. The Morgan fingerprint density at radius 1 is 0.923 bits per heavy atom. The molecule has 2 aromatic carbocycles. The van der Waals surface area contributed by atoms with Gasteiger partial charge in [-0.05, 0) is 36.3 Å². The van der Waals surface area contributed by atoms with Crippen LogP contribution in [0.4, 0.5) is 4.79 Å². The second-order valence-corrected chi connectivity index (χ2v) is 7.65. The molecule has 2 aliphatic carbocycles. The van der Waals surface area contributed by atoms with Crippen LogP contribution in [-0.4, -0.2) is 23.1 Å². The van der Waals surface area contributed by atoms with Crippen LogP contribution in [-0.2, 0) is 17.8 Å². The molecule has 1 amide bonds. The number of ether oxygens (including phenoxy) is 1. The molecule has 0 spiro atoms. The average molecular weight is 350 g/mol. The highest BCUT2D eigenvalue weighted by atomic mass is 16.6. The minimum Gasteiger partial charge on any atom is -0.446 e. The highest BCUT2D eigenvalue weighted by Gasteiger charge is 2.46. The number of rotatable bonds is 5. The summed E-state index contributed by atoms with van der Waals surface area (Å²) in [4.78, 5) is 14.7. The zero-order valence-corrected chi connectivity index (χ0v) is 15.0. The highest BCUT2D eigenvalue weighted by molar-refractivity contribution is 5.68. The molecule has 2 aromatic rings. The second-order valence-electron chi connectivity index (χ2n) is 7.65. The van der Waals surface area contributed by atoms with Gasteiger partial charge in [0.2, 0.25) is 0 Å². The molecule has 0 aliphatic heterocycles. The molecule has 0 aromatic heterocycles. The summed E-state index contributed by atoms with van der Waals surface area (Å²) in [5, 5.41) is 0. The van der Waals surface area contributed by atoms with E-state index in [0.29, 0.717) is 24.9 Å². The van der Waals surface area contributed by atoms with Gasteiger partial charge < -0.3 is 10.5 Å². The minimum absolute atomic E-state index is 0.0229. The average Bonchev–Trinajstić information content (AvgIpc) is 3.21. The van der Waals surface area contributed by atoms with Gasteiger partial charge in [0.05, 0.1) is 0 Å². The fourth-order valence-electron chi connectivity index (χ4n) is 4.47. The molecule has 0 unspecified atom stereocenters. The van der Waals surface area contributed by atoms with Crippen LogP contribution in [0.2, 0.25) is 0 Å². The van der Waals surface area contributed by atoms with Crippen LogP contribution in [0.15, 0.2) is 60.7 Å². The van der Waals surface area contributed by atoms with Crippen molar-refractivity contribution in [3.8, 4) is 0 Å². The summed E-state index contributed by atoms with van der Waals surface area (Å²) in [5.41, 5.74) is 8.41. The Hall–Kier alpha value is -2.33. The maximum Gasteiger partial charge on any atom is 0.410 e. The number of carbonyl (C=O) groups excluding carboxylic acids is 1. The Balaban J connectivity index is 1.47. The summed E-state index contributed by atoms with van der Waals surface area (Å²) in [6.45, 7) is 1.09. The van der Waals surface area contributed by atoms with Crippen LogP contribution in [0.1, 0.15) is 30.4 Å². The number of fused-ring (bicyclic) bond motifs is 2. The monoisotopic (exact) mass is 350 g/mol. The fraction of sp³-hybridized carbons (Fsp3) is 0.409. The Morgan fingerprint density at radius 2 is 1.50 bits per heavy atom. The van der Waals surface area contributed by atoms with Crippen LogP contribution in [0.25, 0.3) is 0 Å². The Kier molecular flexibility index (Phi) is 4.93. The van der Waals surface area contributed by atoms with Crippen molar-refractivity contribution in [2.75, 3.05) is 0 Å². The first-order valence-corrected chi connectivity index (χ1v) is 9.48. The normalized spacial score (nSPS) is 26.7. The van der Waals surface area contributed by atoms with E-state index in [1.807, 2.05) is 60.7 Å². The molecule has 0 radical (unpaired) electrons. The van der Waals surface area contributed by atoms with Gasteiger partial charge in [-0.3, -0.25) is 4.90 Å². The standard InChI is InChI=1S/C22H26N2O2/c23-20-12-18-11-19(20)21(13-18)26-22(25)24(14-16-7-3-1-4-8-16)15-17-9-5-2-6-10-17/h1-10,18-21H,11-15,23H2/t18-,19+,20-,21-/m0/s1. The van der Waals surface area contributed by atoms with Gasteiger partial charge in [-0.1, -0.05) is 60.7 Å². The van der Waals surface area contributed by atoms with E-state index in [9.17, 15) is 4.79 Å². The molecule has 4 atom stereocenters. The van der Waals surface area contributed by atoms with E-state index in [2.05, 4.69) is 0 Å². The smallest absolute Gasteiger partial charge is 0.410 e. The maximum absolute atomic E-state index is 13.0. The molecule has 4 heteroatoms. The SMILES string of the molecule is N[C@H]1C[C@@H]2C[C@H]1[C@@H](OC(=O)N(Cc1ccccc1)Cc1ccccc1)C2. The molecule has 26 heavy (non-hydrogen) atoms. The van der Waals surface area contributed by atoms with Gasteiger partial charge in [0, 0.05) is 25.0 Å². The van der Waals surface area contributed by atoms with Crippen LogP contribution < -0.4 is 5.73 Å². The predicted molar refractivity (Wildman–Crippen MR) is 101 cm³/mol. The lowest BCUT2D eigenvalue weighted by atomic mass is 9.93. The van der Waals surface area contributed by atoms with Gasteiger partial charge in [0.15, 0.2) is 0 Å². The molecule has 2 aliphatic rings. The number of hydrogen-bond donors (Lipinski definition) is 1. The lowest BCUT2D eigenvalue weighted by molar-refractivity contribution is 0.0296. The van der Waals surface area contributed by atoms with E-state index in [-0.39, 0.29) is 18.2 Å².